The number of hydrogen-bond acceptors (Lipinski definition) is 15. The predicted octanol–water partition coefficient (Wildman–Crippen LogP) is 24.8. The zero-order chi connectivity index (χ0) is 74.1. The van der Waals surface area contributed by atoms with Gasteiger partial charge >= 0.3 is 39.5 Å². The quantitative estimate of drug-likeness (QED) is 0.0222. The third-order valence-electron chi connectivity index (χ3n) is 19.3. The van der Waals surface area contributed by atoms with Crippen LogP contribution in [0.3, 0.4) is 0 Å². The van der Waals surface area contributed by atoms with Crippen molar-refractivity contribution in [3.8, 4) is 0 Å². The van der Waals surface area contributed by atoms with Gasteiger partial charge in [0, 0.05) is 25.7 Å². The lowest BCUT2D eigenvalue weighted by molar-refractivity contribution is -0.161. The van der Waals surface area contributed by atoms with E-state index in [4.69, 9.17) is 37.0 Å². The van der Waals surface area contributed by atoms with Crippen LogP contribution in [0, 0.1) is 5.92 Å². The molecule has 3 N–H and O–H groups in total. The Labute approximate surface area is 619 Å². The molecule has 101 heavy (non-hydrogen) atoms. The maximum Gasteiger partial charge on any atom is 0.472 e. The molecule has 0 aromatic heterocycles. The topological polar surface area (TPSA) is 237 Å². The third kappa shape index (κ3) is 76.1. The maximum absolute atomic E-state index is 13.1. The normalized spacial score (nSPS) is 13.8. The smallest absolute Gasteiger partial charge is 0.462 e. The Balaban J connectivity index is 5.20. The van der Waals surface area contributed by atoms with E-state index in [1.807, 2.05) is 0 Å². The van der Waals surface area contributed by atoms with E-state index in [2.05, 4.69) is 34.6 Å². The summed E-state index contributed by atoms with van der Waals surface area (Å²) >= 11 is 0. The molecule has 0 radical (unpaired) electrons. The number of unbranched alkanes of at least 4 members (excludes halogenated alkanes) is 54. The molecule has 2 unspecified atom stereocenters. The van der Waals surface area contributed by atoms with Gasteiger partial charge in [-0.15, -0.1) is 0 Å². The first-order valence-electron chi connectivity index (χ1n) is 42.6. The SMILES string of the molecule is CCCCCCCCCCCCCCCCCCCCCCCCC(=O)O[C@H](COC(=O)CCCCCCCCCCCCCCCCC(C)C)COP(=O)(O)OC[C@@H](O)COP(=O)(O)OC[C@@H](COC(=O)CCCCCCCCCCCCC)OC(=O)CCCCCCCCCCCCC. The Morgan fingerprint density at radius 1 is 0.267 bits per heavy atom. The van der Waals surface area contributed by atoms with E-state index in [-0.39, 0.29) is 25.7 Å². The van der Waals surface area contributed by atoms with Gasteiger partial charge in [0.15, 0.2) is 12.2 Å². The lowest BCUT2D eigenvalue weighted by Crippen LogP contribution is -2.30. The second-order valence-electron chi connectivity index (χ2n) is 30.0. The highest BCUT2D eigenvalue weighted by molar-refractivity contribution is 7.47. The minimum atomic E-state index is -4.96. The van der Waals surface area contributed by atoms with Crippen molar-refractivity contribution in [2.45, 2.75) is 457 Å². The van der Waals surface area contributed by atoms with Crippen molar-refractivity contribution >= 4 is 39.5 Å². The van der Waals surface area contributed by atoms with Crippen LogP contribution in [-0.2, 0) is 65.4 Å². The highest BCUT2D eigenvalue weighted by Gasteiger charge is 2.30. The Hall–Kier alpha value is -1.94. The number of ether oxygens (including phenoxy) is 4. The second kappa shape index (κ2) is 74.9. The molecule has 600 valence electrons. The first-order valence-corrected chi connectivity index (χ1v) is 45.6. The van der Waals surface area contributed by atoms with Gasteiger partial charge in [-0.3, -0.25) is 37.3 Å². The molecule has 0 saturated heterocycles. The molecule has 0 heterocycles. The molecule has 17 nitrogen and oxygen atoms in total. The number of esters is 4. The molecule has 5 atom stereocenters. The van der Waals surface area contributed by atoms with Gasteiger partial charge in [-0.05, 0) is 31.6 Å². The molecular formula is C82H160O17P2. The fourth-order valence-corrected chi connectivity index (χ4v) is 14.3. The van der Waals surface area contributed by atoms with E-state index in [1.165, 1.54) is 263 Å². The number of phosphoric acid groups is 2. The van der Waals surface area contributed by atoms with Crippen LogP contribution in [0.15, 0.2) is 0 Å². The monoisotopic (exact) mass is 1480 g/mol. The summed E-state index contributed by atoms with van der Waals surface area (Å²) in [6.07, 6.45) is 66.6. The molecule has 0 aromatic carbocycles. The Bertz CT molecular complexity index is 1930. The van der Waals surface area contributed by atoms with Crippen molar-refractivity contribution in [1.29, 1.82) is 0 Å². The zero-order valence-corrected chi connectivity index (χ0v) is 67.8. The summed E-state index contributed by atoms with van der Waals surface area (Å²) in [7, 11) is -9.92. The van der Waals surface area contributed by atoms with E-state index in [1.54, 1.807) is 0 Å². The Morgan fingerprint density at radius 2 is 0.455 bits per heavy atom. The van der Waals surface area contributed by atoms with Gasteiger partial charge in [0.1, 0.15) is 19.3 Å². The molecule has 19 heteroatoms. The fourth-order valence-electron chi connectivity index (χ4n) is 12.8. The Kier molecular flexibility index (Phi) is 73.5. The van der Waals surface area contributed by atoms with Crippen molar-refractivity contribution in [1.82, 2.24) is 0 Å². The van der Waals surface area contributed by atoms with Gasteiger partial charge in [-0.25, -0.2) is 9.13 Å². The first kappa shape index (κ1) is 99.1. The highest BCUT2D eigenvalue weighted by Crippen LogP contribution is 2.45. The molecule has 0 bridgehead atoms. The summed E-state index contributed by atoms with van der Waals surface area (Å²) < 4.78 is 68.7. The van der Waals surface area contributed by atoms with E-state index < -0.39 is 97.5 Å². The van der Waals surface area contributed by atoms with Crippen molar-refractivity contribution < 1.29 is 80.2 Å². The number of carbonyl (C=O) groups is 4. The van der Waals surface area contributed by atoms with Gasteiger partial charge in [0.2, 0.25) is 0 Å². The summed E-state index contributed by atoms with van der Waals surface area (Å²) in [5, 5.41) is 10.6. The van der Waals surface area contributed by atoms with E-state index in [9.17, 15) is 43.2 Å². The minimum absolute atomic E-state index is 0.108. The van der Waals surface area contributed by atoms with Crippen LogP contribution < -0.4 is 0 Å². The lowest BCUT2D eigenvalue weighted by Gasteiger charge is -2.21. The average molecular weight is 1480 g/mol. The largest absolute Gasteiger partial charge is 0.472 e. The summed E-state index contributed by atoms with van der Waals surface area (Å²) in [6, 6.07) is 0. The molecule has 0 aromatic rings. The van der Waals surface area contributed by atoms with Crippen LogP contribution in [0.4, 0.5) is 0 Å². The van der Waals surface area contributed by atoms with Gasteiger partial charge in [-0.1, -0.05) is 388 Å². The molecule has 0 fully saturated rings. The number of phosphoric ester groups is 2. The molecular weight excluding hydrogens is 1320 g/mol. The first-order chi connectivity index (χ1) is 49.0. The Morgan fingerprint density at radius 3 is 0.673 bits per heavy atom. The standard InChI is InChI=1S/C82H160O17P2/c1-6-9-12-15-18-21-24-25-26-27-28-29-30-31-32-33-38-43-48-53-58-63-68-82(87)99-78(72-93-80(85)66-61-56-51-46-42-37-35-34-36-41-44-49-54-59-64-75(4)5)74-97-101(90,91)95-70-76(83)69-94-100(88,89)96-73-77(98-81(86)67-62-57-52-47-40-23-20-17-14-11-8-3)71-92-79(84)65-60-55-50-45-39-22-19-16-13-10-7-2/h75-78,83H,6-74H2,1-5H3,(H,88,89)(H,90,91)/t76-,77+,78+/m0/s1. The number of aliphatic hydroxyl groups excluding tert-OH is 1. The summed E-state index contributed by atoms with van der Waals surface area (Å²) in [6.45, 7) is 7.35. The van der Waals surface area contributed by atoms with Gasteiger partial charge in [0.25, 0.3) is 0 Å². The van der Waals surface area contributed by atoms with Crippen LogP contribution >= 0.6 is 15.6 Å². The number of hydrogen-bond donors (Lipinski definition) is 3. The van der Waals surface area contributed by atoms with Crippen LogP contribution in [0.5, 0.6) is 0 Å². The van der Waals surface area contributed by atoms with Crippen LogP contribution in [0.25, 0.3) is 0 Å². The highest BCUT2D eigenvalue weighted by atomic mass is 31.2. The van der Waals surface area contributed by atoms with Crippen molar-refractivity contribution in [2.24, 2.45) is 5.92 Å². The number of carbonyl (C=O) groups excluding carboxylic acids is 4. The second-order valence-corrected chi connectivity index (χ2v) is 32.9. The molecule has 0 spiro atoms. The minimum Gasteiger partial charge on any atom is -0.462 e. The molecule has 0 aliphatic heterocycles. The summed E-state index contributed by atoms with van der Waals surface area (Å²) in [4.78, 5) is 73.0. The van der Waals surface area contributed by atoms with Crippen molar-refractivity contribution in [3.63, 3.8) is 0 Å². The van der Waals surface area contributed by atoms with Crippen molar-refractivity contribution in [2.75, 3.05) is 39.6 Å². The van der Waals surface area contributed by atoms with Crippen LogP contribution in [-0.4, -0.2) is 96.7 Å². The number of aliphatic hydroxyl groups is 1. The molecule has 0 aliphatic carbocycles. The number of rotatable bonds is 82. The predicted molar refractivity (Wildman–Crippen MR) is 414 cm³/mol. The van der Waals surface area contributed by atoms with Crippen LogP contribution in [0.1, 0.15) is 439 Å². The summed E-state index contributed by atoms with van der Waals surface area (Å²) in [5.74, 6) is -1.31. The molecule has 0 rings (SSSR count). The van der Waals surface area contributed by atoms with Gasteiger partial charge in [-0.2, -0.15) is 0 Å². The maximum atomic E-state index is 13.1. The van der Waals surface area contributed by atoms with Gasteiger partial charge < -0.3 is 33.8 Å². The third-order valence-corrected chi connectivity index (χ3v) is 21.2. The molecule has 0 aliphatic rings. The zero-order valence-electron chi connectivity index (χ0n) is 66.1. The molecule has 0 amide bonds. The van der Waals surface area contributed by atoms with E-state index in [0.29, 0.717) is 25.7 Å². The van der Waals surface area contributed by atoms with E-state index in [0.717, 1.165) is 95.8 Å². The van der Waals surface area contributed by atoms with Gasteiger partial charge in [0.05, 0.1) is 26.4 Å². The van der Waals surface area contributed by atoms with E-state index >= 15 is 0 Å². The average Bonchev–Trinajstić information content (AvgIpc) is 1.20. The van der Waals surface area contributed by atoms with Crippen LogP contribution in [0.2, 0.25) is 0 Å². The molecule has 0 saturated carbocycles. The van der Waals surface area contributed by atoms with Crippen molar-refractivity contribution in [3.05, 3.63) is 0 Å². The lowest BCUT2D eigenvalue weighted by atomic mass is 10.0. The fraction of sp³-hybridized carbons (Fsp3) is 0.951. The summed E-state index contributed by atoms with van der Waals surface area (Å²) in [5.41, 5.74) is 0.